The van der Waals surface area contributed by atoms with Crippen LogP contribution in [0.5, 0.6) is 0 Å². The molecule has 0 aliphatic rings. The van der Waals surface area contributed by atoms with Gasteiger partial charge in [-0.05, 0) is 41.8 Å². The van der Waals surface area contributed by atoms with Gasteiger partial charge in [-0.1, -0.05) is 6.07 Å². The van der Waals surface area contributed by atoms with Crippen molar-refractivity contribution in [1.29, 1.82) is 0 Å². The van der Waals surface area contributed by atoms with E-state index in [4.69, 9.17) is 5.73 Å². The third-order valence-corrected chi connectivity index (χ3v) is 2.83. The molecule has 94 valence electrons. The van der Waals surface area contributed by atoms with Gasteiger partial charge >= 0.3 is 0 Å². The fraction of sp³-hybridized carbons (Fsp3) is 0.143. The van der Waals surface area contributed by atoms with Crippen LogP contribution in [0.15, 0.2) is 30.3 Å². The monoisotopic (exact) mass is 251 g/mol. The summed E-state index contributed by atoms with van der Waals surface area (Å²) in [6, 6.07) is 6.13. The summed E-state index contributed by atoms with van der Waals surface area (Å²) in [7, 11) is 0. The molecule has 0 saturated heterocycles. The van der Waals surface area contributed by atoms with E-state index in [1.807, 2.05) is 0 Å². The highest BCUT2D eigenvalue weighted by Crippen LogP contribution is 2.29. The summed E-state index contributed by atoms with van der Waals surface area (Å²) in [5.74, 6) is -1.83. The van der Waals surface area contributed by atoms with Crippen LogP contribution in [0.4, 0.5) is 13.2 Å². The molecule has 0 aromatic heterocycles. The second-order valence-electron chi connectivity index (χ2n) is 4.09. The maximum absolute atomic E-state index is 13.8. The molecule has 2 aromatic rings. The van der Waals surface area contributed by atoms with Crippen molar-refractivity contribution in [3.05, 3.63) is 58.9 Å². The highest BCUT2D eigenvalue weighted by atomic mass is 19.1. The second-order valence-corrected chi connectivity index (χ2v) is 4.09. The number of nitrogens with two attached hydrogens (primary N) is 1. The van der Waals surface area contributed by atoms with Crippen molar-refractivity contribution >= 4 is 0 Å². The van der Waals surface area contributed by atoms with E-state index in [0.29, 0.717) is 16.7 Å². The molecule has 0 unspecified atom stereocenters. The van der Waals surface area contributed by atoms with E-state index in [0.717, 1.165) is 6.07 Å². The maximum Gasteiger partial charge on any atom is 0.133 e. The minimum Gasteiger partial charge on any atom is -0.326 e. The maximum atomic E-state index is 13.8. The zero-order chi connectivity index (χ0) is 13.3. The van der Waals surface area contributed by atoms with Crippen LogP contribution in [0.25, 0.3) is 11.1 Å². The van der Waals surface area contributed by atoms with Gasteiger partial charge in [0.25, 0.3) is 0 Å². The van der Waals surface area contributed by atoms with Gasteiger partial charge in [0.1, 0.15) is 17.5 Å². The first-order chi connectivity index (χ1) is 8.52. The molecule has 1 nitrogen and oxygen atoms in total. The Morgan fingerprint density at radius 2 is 1.67 bits per heavy atom. The Bertz CT molecular complexity index is 594. The number of hydrogen-bond acceptors (Lipinski definition) is 1. The molecule has 0 saturated carbocycles. The molecule has 2 N–H and O–H groups in total. The SMILES string of the molecule is Cc1cc(-c2cc(F)ccc2CN)c(F)cc1F. The van der Waals surface area contributed by atoms with Gasteiger partial charge in [-0.25, -0.2) is 13.2 Å². The lowest BCUT2D eigenvalue weighted by atomic mass is 9.97. The summed E-state index contributed by atoms with van der Waals surface area (Å²) in [4.78, 5) is 0. The summed E-state index contributed by atoms with van der Waals surface area (Å²) >= 11 is 0. The Morgan fingerprint density at radius 1 is 0.944 bits per heavy atom. The third kappa shape index (κ3) is 2.24. The molecule has 2 rings (SSSR count). The average molecular weight is 251 g/mol. The highest BCUT2D eigenvalue weighted by Gasteiger charge is 2.13. The van der Waals surface area contributed by atoms with Gasteiger partial charge in [0.2, 0.25) is 0 Å². The van der Waals surface area contributed by atoms with Crippen LogP contribution >= 0.6 is 0 Å². The lowest BCUT2D eigenvalue weighted by molar-refractivity contribution is 0.579. The van der Waals surface area contributed by atoms with Crippen LogP contribution in [0, 0.1) is 24.4 Å². The molecule has 0 aliphatic carbocycles. The Morgan fingerprint density at radius 3 is 2.33 bits per heavy atom. The van der Waals surface area contributed by atoms with E-state index in [9.17, 15) is 13.2 Å². The second kappa shape index (κ2) is 4.82. The predicted octanol–water partition coefficient (Wildman–Crippen LogP) is 3.54. The zero-order valence-corrected chi connectivity index (χ0v) is 9.81. The fourth-order valence-electron chi connectivity index (χ4n) is 1.84. The summed E-state index contributed by atoms with van der Waals surface area (Å²) in [6.45, 7) is 1.69. The van der Waals surface area contributed by atoms with Crippen LogP contribution in [-0.2, 0) is 6.54 Å². The first kappa shape index (κ1) is 12.6. The first-order valence-corrected chi connectivity index (χ1v) is 5.47. The standard InChI is InChI=1S/C14H12F3N/c1-8-4-12(14(17)6-13(8)16)11-5-10(15)3-2-9(11)7-18/h2-6H,7,18H2,1H3. The van der Waals surface area contributed by atoms with Crippen molar-refractivity contribution in [3.8, 4) is 11.1 Å². The quantitative estimate of drug-likeness (QED) is 0.868. The van der Waals surface area contributed by atoms with E-state index in [2.05, 4.69) is 0 Å². The van der Waals surface area contributed by atoms with Crippen molar-refractivity contribution in [2.24, 2.45) is 5.73 Å². The van der Waals surface area contributed by atoms with Gasteiger partial charge in [-0.3, -0.25) is 0 Å². The van der Waals surface area contributed by atoms with E-state index >= 15 is 0 Å². The van der Waals surface area contributed by atoms with Gasteiger partial charge in [-0.15, -0.1) is 0 Å². The van der Waals surface area contributed by atoms with Crippen LogP contribution in [-0.4, -0.2) is 0 Å². The minimum atomic E-state index is -0.724. The van der Waals surface area contributed by atoms with Crippen molar-refractivity contribution in [1.82, 2.24) is 0 Å². The number of aryl methyl sites for hydroxylation is 1. The van der Waals surface area contributed by atoms with E-state index in [1.54, 1.807) is 0 Å². The van der Waals surface area contributed by atoms with Crippen LogP contribution in [0.1, 0.15) is 11.1 Å². The van der Waals surface area contributed by atoms with Crippen molar-refractivity contribution in [2.45, 2.75) is 13.5 Å². The summed E-state index contributed by atoms with van der Waals surface area (Å²) in [5, 5.41) is 0. The summed E-state index contributed by atoms with van der Waals surface area (Å²) < 4.78 is 40.2. The molecule has 0 bridgehead atoms. The van der Waals surface area contributed by atoms with E-state index in [-0.39, 0.29) is 12.1 Å². The highest BCUT2D eigenvalue weighted by molar-refractivity contribution is 5.68. The summed E-state index contributed by atoms with van der Waals surface area (Å²) in [6.07, 6.45) is 0. The summed E-state index contributed by atoms with van der Waals surface area (Å²) in [5.41, 5.74) is 6.97. The van der Waals surface area contributed by atoms with Crippen molar-refractivity contribution in [3.63, 3.8) is 0 Å². The molecule has 0 spiro atoms. The van der Waals surface area contributed by atoms with Gasteiger partial charge in [0, 0.05) is 18.2 Å². The number of benzene rings is 2. The lowest BCUT2D eigenvalue weighted by Crippen LogP contribution is -2.01. The Kier molecular flexibility index (Phi) is 3.39. The molecule has 0 fully saturated rings. The topological polar surface area (TPSA) is 26.0 Å². The first-order valence-electron chi connectivity index (χ1n) is 5.47. The molecule has 18 heavy (non-hydrogen) atoms. The molecule has 2 aromatic carbocycles. The van der Waals surface area contributed by atoms with E-state index < -0.39 is 17.5 Å². The minimum absolute atomic E-state index is 0.158. The van der Waals surface area contributed by atoms with Crippen molar-refractivity contribution < 1.29 is 13.2 Å². The number of rotatable bonds is 2. The van der Waals surface area contributed by atoms with Crippen LogP contribution < -0.4 is 5.73 Å². The largest absolute Gasteiger partial charge is 0.326 e. The Balaban J connectivity index is 2.68. The molecule has 4 heteroatoms. The molecule has 0 heterocycles. The van der Waals surface area contributed by atoms with Gasteiger partial charge in [0.05, 0.1) is 0 Å². The van der Waals surface area contributed by atoms with Gasteiger partial charge in [0.15, 0.2) is 0 Å². The average Bonchev–Trinajstić information content (AvgIpc) is 2.34. The normalized spacial score (nSPS) is 10.7. The van der Waals surface area contributed by atoms with Crippen LogP contribution in [0.3, 0.4) is 0 Å². The van der Waals surface area contributed by atoms with Crippen LogP contribution in [0.2, 0.25) is 0 Å². The zero-order valence-electron chi connectivity index (χ0n) is 9.81. The predicted molar refractivity (Wildman–Crippen MR) is 64.4 cm³/mol. The Labute approximate surface area is 103 Å². The molecule has 0 radical (unpaired) electrons. The third-order valence-electron chi connectivity index (χ3n) is 2.83. The van der Waals surface area contributed by atoms with Crippen molar-refractivity contribution in [2.75, 3.05) is 0 Å². The fourth-order valence-corrected chi connectivity index (χ4v) is 1.84. The number of hydrogen-bond donors (Lipinski definition) is 1. The molecule has 0 atom stereocenters. The van der Waals surface area contributed by atoms with Gasteiger partial charge in [-0.2, -0.15) is 0 Å². The Hall–Kier alpha value is -1.81. The van der Waals surface area contributed by atoms with Gasteiger partial charge < -0.3 is 5.73 Å². The molecular formula is C14H12F3N. The molecule has 0 amide bonds. The molecule has 0 aliphatic heterocycles. The smallest absolute Gasteiger partial charge is 0.133 e. The molecular weight excluding hydrogens is 239 g/mol. The van der Waals surface area contributed by atoms with E-state index in [1.165, 1.54) is 31.2 Å². The lowest BCUT2D eigenvalue weighted by Gasteiger charge is -2.10. The number of halogens is 3.